The summed E-state index contributed by atoms with van der Waals surface area (Å²) in [6.07, 6.45) is 0. The maximum absolute atomic E-state index is 11.5. The predicted molar refractivity (Wildman–Crippen MR) is 67.9 cm³/mol. The average Bonchev–Trinajstić information content (AvgIpc) is 2.21. The van der Waals surface area contributed by atoms with Crippen molar-refractivity contribution < 1.29 is 4.79 Å². The lowest BCUT2D eigenvalue weighted by atomic mass is 10.0. The van der Waals surface area contributed by atoms with Gasteiger partial charge in [0, 0.05) is 12.7 Å². The summed E-state index contributed by atoms with van der Waals surface area (Å²) in [6.45, 7) is 6.15. The molecule has 82 valence electrons. The molecule has 1 amide bonds. The minimum atomic E-state index is 0.0182. The van der Waals surface area contributed by atoms with E-state index in [2.05, 4.69) is 32.5 Å². The molecule has 0 atom stereocenters. The summed E-state index contributed by atoms with van der Waals surface area (Å²) < 4.78 is 0. The van der Waals surface area contributed by atoms with Crippen molar-refractivity contribution in [1.29, 1.82) is 0 Å². The predicted octanol–water partition coefficient (Wildman–Crippen LogP) is 2.50. The highest BCUT2D eigenvalue weighted by Crippen LogP contribution is 2.23. The molecule has 0 aromatic heterocycles. The average molecular weight is 223 g/mol. The topological polar surface area (TPSA) is 20.3 Å². The Bertz CT molecular complexity index is 387. The van der Waals surface area contributed by atoms with Crippen LogP contribution in [0.3, 0.4) is 0 Å². The van der Waals surface area contributed by atoms with Crippen LogP contribution in [0.15, 0.2) is 12.1 Å². The van der Waals surface area contributed by atoms with E-state index < -0.39 is 0 Å². The molecule has 2 nitrogen and oxygen atoms in total. The Hall–Kier alpha value is -0.960. The third-order valence-electron chi connectivity index (χ3n) is 2.68. The Morgan fingerprint density at radius 3 is 2.27 bits per heavy atom. The molecule has 0 spiro atoms. The molecule has 0 aliphatic heterocycles. The van der Waals surface area contributed by atoms with E-state index in [-0.39, 0.29) is 11.7 Å². The Balaban J connectivity index is 3.14. The number of anilines is 1. The highest BCUT2D eigenvalue weighted by atomic mass is 32.1. The molecule has 0 fully saturated rings. The van der Waals surface area contributed by atoms with E-state index in [1.807, 2.05) is 13.0 Å². The van der Waals surface area contributed by atoms with Gasteiger partial charge in [0.25, 0.3) is 0 Å². The normalized spacial score (nSPS) is 10.2. The number of benzene rings is 1. The van der Waals surface area contributed by atoms with Crippen molar-refractivity contribution in [3.05, 3.63) is 28.8 Å². The first-order valence-corrected chi connectivity index (χ1v) is 5.56. The lowest BCUT2D eigenvalue weighted by Crippen LogP contribution is -2.28. The molecule has 1 rings (SSSR count). The number of hydrogen-bond acceptors (Lipinski definition) is 2. The molecule has 15 heavy (non-hydrogen) atoms. The van der Waals surface area contributed by atoms with Crippen molar-refractivity contribution in [2.24, 2.45) is 0 Å². The number of carbonyl (C=O) groups is 1. The van der Waals surface area contributed by atoms with Gasteiger partial charge in [0.15, 0.2) is 0 Å². The molecule has 0 aliphatic rings. The van der Waals surface area contributed by atoms with Crippen molar-refractivity contribution >= 4 is 24.2 Å². The van der Waals surface area contributed by atoms with Crippen molar-refractivity contribution in [2.75, 3.05) is 17.7 Å². The maximum atomic E-state index is 11.5. The zero-order valence-electron chi connectivity index (χ0n) is 9.66. The molecule has 0 radical (unpaired) electrons. The van der Waals surface area contributed by atoms with E-state index in [0.717, 1.165) is 11.3 Å². The quantitative estimate of drug-likeness (QED) is 0.764. The van der Waals surface area contributed by atoms with Gasteiger partial charge >= 0.3 is 0 Å². The molecule has 1 aromatic carbocycles. The lowest BCUT2D eigenvalue weighted by molar-refractivity contribution is -0.115. The zero-order valence-corrected chi connectivity index (χ0v) is 10.6. The number of rotatable bonds is 2. The first kappa shape index (κ1) is 12.1. The molecule has 1 aromatic rings. The van der Waals surface area contributed by atoms with E-state index in [4.69, 9.17) is 0 Å². The Labute approximate surface area is 96.7 Å². The van der Waals surface area contributed by atoms with E-state index in [1.54, 1.807) is 11.9 Å². The Morgan fingerprint density at radius 1 is 1.20 bits per heavy atom. The van der Waals surface area contributed by atoms with E-state index in [0.29, 0.717) is 0 Å². The molecule has 0 N–H and O–H groups in total. The summed E-state index contributed by atoms with van der Waals surface area (Å²) in [5, 5.41) is 0. The standard InChI is InChI=1S/C12H17NOS/c1-8-5-10(3)11(6-9(8)2)13(4)12(14)7-15/h5-6,15H,7H2,1-4H3. The minimum Gasteiger partial charge on any atom is -0.315 e. The van der Waals surface area contributed by atoms with Crippen LogP contribution >= 0.6 is 12.6 Å². The van der Waals surface area contributed by atoms with Crippen LogP contribution in [0.4, 0.5) is 5.69 Å². The third-order valence-corrected chi connectivity index (χ3v) is 2.95. The van der Waals surface area contributed by atoms with E-state index >= 15 is 0 Å². The van der Waals surface area contributed by atoms with Crippen molar-refractivity contribution in [2.45, 2.75) is 20.8 Å². The molecule has 0 bridgehead atoms. The van der Waals surface area contributed by atoms with Crippen LogP contribution in [0, 0.1) is 20.8 Å². The number of carbonyl (C=O) groups excluding carboxylic acids is 1. The largest absolute Gasteiger partial charge is 0.315 e. The van der Waals surface area contributed by atoms with Crippen LogP contribution in [0.5, 0.6) is 0 Å². The van der Waals surface area contributed by atoms with Crippen molar-refractivity contribution in [3.8, 4) is 0 Å². The number of aryl methyl sites for hydroxylation is 3. The summed E-state index contributed by atoms with van der Waals surface area (Å²) >= 11 is 3.99. The van der Waals surface area contributed by atoms with Crippen molar-refractivity contribution in [1.82, 2.24) is 0 Å². The van der Waals surface area contributed by atoms with Gasteiger partial charge in [-0.05, 0) is 43.5 Å². The highest BCUT2D eigenvalue weighted by Gasteiger charge is 2.12. The molecule has 0 aliphatic carbocycles. The molecule has 0 unspecified atom stereocenters. The van der Waals surface area contributed by atoms with Gasteiger partial charge in [0.1, 0.15) is 0 Å². The fourth-order valence-electron chi connectivity index (χ4n) is 1.55. The smallest absolute Gasteiger partial charge is 0.236 e. The second-order valence-corrected chi connectivity index (χ2v) is 4.15. The molecular formula is C12H17NOS. The Morgan fingerprint density at radius 2 is 1.73 bits per heavy atom. The van der Waals surface area contributed by atoms with Gasteiger partial charge in [-0.15, -0.1) is 0 Å². The second-order valence-electron chi connectivity index (χ2n) is 3.83. The summed E-state index contributed by atoms with van der Waals surface area (Å²) in [4.78, 5) is 13.2. The van der Waals surface area contributed by atoms with Crippen LogP contribution in [-0.4, -0.2) is 18.7 Å². The van der Waals surface area contributed by atoms with Crippen LogP contribution < -0.4 is 4.90 Å². The molecular weight excluding hydrogens is 206 g/mol. The van der Waals surface area contributed by atoms with Crippen LogP contribution in [-0.2, 0) is 4.79 Å². The number of amides is 1. The second kappa shape index (κ2) is 4.71. The SMILES string of the molecule is Cc1cc(C)c(N(C)C(=O)CS)cc1C. The number of thiol groups is 1. The molecule has 0 saturated heterocycles. The Kier molecular flexibility index (Phi) is 3.80. The summed E-state index contributed by atoms with van der Waals surface area (Å²) in [5.74, 6) is 0.257. The number of nitrogens with zero attached hydrogens (tertiary/aromatic N) is 1. The van der Waals surface area contributed by atoms with E-state index in [1.165, 1.54) is 11.1 Å². The van der Waals surface area contributed by atoms with Gasteiger partial charge < -0.3 is 4.90 Å². The van der Waals surface area contributed by atoms with Crippen LogP contribution in [0.1, 0.15) is 16.7 Å². The first-order valence-electron chi connectivity index (χ1n) is 4.92. The lowest BCUT2D eigenvalue weighted by Gasteiger charge is -2.20. The summed E-state index contributed by atoms with van der Waals surface area (Å²) in [7, 11) is 1.79. The van der Waals surface area contributed by atoms with Gasteiger partial charge in [0.05, 0.1) is 5.75 Å². The molecule has 0 heterocycles. The van der Waals surface area contributed by atoms with Gasteiger partial charge in [0.2, 0.25) is 5.91 Å². The highest BCUT2D eigenvalue weighted by molar-refractivity contribution is 7.81. The minimum absolute atomic E-state index is 0.0182. The first-order chi connectivity index (χ1) is 6.97. The molecule has 0 saturated carbocycles. The number of hydrogen-bond donors (Lipinski definition) is 1. The van der Waals surface area contributed by atoms with Gasteiger partial charge in [-0.2, -0.15) is 12.6 Å². The maximum Gasteiger partial charge on any atom is 0.236 e. The zero-order chi connectivity index (χ0) is 11.6. The monoisotopic (exact) mass is 223 g/mol. The third kappa shape index (κ3) is 2.53. The van der Waals surface area contributed by atoms with Gasteiger partial charge in [-0.1, -0.05) is 6.07 Å². The van der Waals surface area contributed by atoms with Gasteiger partial charge in [-0.25, -0.2) is 0 Å². The van der Waals surface area contributed by atoms with Gasteiger partial charge in [-0.3, -0.25) is 4.79 Å². The molecule has 3 heteroatoms. The summed E-state index contributed by atoms with van der Waals surface area (Å²) in [5.41, 5.74) is 4.55. The fourth-order valence-corrected chi connectivity index (χ4v) is 1.76. The van der Waals surface area contributed by atoms with Crippen LogP contribution in [0.2, 0.25) is 0 Å². The van der Waals surface area contributed by atoms with E-state index in [9.17, 15) is 4.79 Å². The van der Waals surface area contributed by atoms with Crippen LogP contribution in [0.25, 0.3) is 0 Å². The van der Waals surface area contributed by atoms with Crippen molar-refractivity contribution in [3.63, 3.8) is 0 Å². The summed E-state index contributed by atoms with van der Waals surface area (Å²) in [6, 6.07) is 4.15. The fraction of sp³-hybridized carbons (Fsp3) is 0.417.